The monoisotopic (exact) mass is 348 g/mol. The third-order valence-corrected chi connectivity index (χ3v) is 4.21. The van der Waals surface area contributed by atoms with Crippen LogP contribution in [0.3, 0.4) is 0 Å². The van der Waals surface area contributed by atoms with Gasteiger partial charge in [0.1, 0.15) is 0 Å². The second-order valence-corrected chi connectivity index (χ2v) is 5.95. The number of nitro benzene ring substituents is 1. The first-order chi connectivity index (χ1) is 9.90. The van der Waals surface area contributed by atoms with Gasteiger partial charge in [0.15, 0.2) is 0 Å². The van der Waals surface area contributed by atoms with Crippen LogP contribution in [0.25, 0.3) is 0 Å². The summed E-state index contributed by atoms with van der Waals surface area (Å²) in [7, 11) is 0. The molecule has 0 saturated heterocycles. The van der Waals surface area contributed by atoms with E-state index in [0.29, 0.717) is 5.56 Å². The van der Waals surface area contributed by atoms with Crippen molar-refractivity contribution in [1.29, 1.82) is 0 Å². The lowest BCUT2D eigenvalue weighted by molar-refractivity contribution is -0.385. The molecule has 0 radical (unpaired) electrons. The molecule has 1 unspecified atom stereocenters. The summed E-state index contributed by atoms with van der Waals surface area (Å²) in [6.45, 7) is 5.70. The van der Waals surface area contributed by atoms with Crippen molar-refractivity contribution in [2.24, 2.45) is 0 Å². The topological polar surface area (TPSA) is 55.2 Å². The number of aryl methyl sites for hydroxylation is 2. The van der Waals surface area contributed by atoms with Crippen LogP contribution in [0.15, 0.2) is 40.9 Å². The standard InChI is InChI=1S/C16H17BrN2O2/c1-10-9-16(19(20)21)11(2)8-15(10)18-12(3)13-6-4-5-7-14(13)17/h4-9,12,18H,1-3H3. The second-order valence-electron chi connectivity index (χ2n) is 5.10. The molecule has 0 amide bonds. The molecule has 1 N–H and O–H groups in total. The molecule has 0 spiro atoms. The molecule has 5 heteroatoms. The summed E-state index contributed by atoms with van der Waals surface area (Å²) in [6.07, 6.45) is 0. The minimum atomic E-state index is -0.344. The number of rotatable bonds is 4. The maximum absolute atomic E-state index is 11.0. The molecule has 0 aromatic heterocycles. The molecular formula is C16H17BrN2O2. The van der Waals surface area contributed by atoms with Gasteiger partial charge < -0.3 is 5.32 Å². The minimum absolute atomic E-state index is 0.0973. The Balaban J connectivity index is 2.30. The first-order valence-electron chi connectivity index (χ1n) is 6.66. The number of anilines is 1. The van der Waals surface area contributed by atoms with Crippen LogP contribution in [-0.2, 0) is 0 Å². The van der Waals surface area contributed by atoms with E-state index in [4.69, 9.17) is 0 Å². The maximum atomic E-state index is 11.0. The minimum Gasteiger partial charge on any atom is -0.378 e. The van der Waals surface area contributed by atoms with Gasteiger partial charge in [0.2, 0.25) is 0 Å². The van der Waals surface area contributed by atoms with Gasteiger partial charge in [0.05, 0.1) is 4.92 Å². The molecule has 0 aliphatic heterocycles. The van der Waals surface area contributed by atoms with Crippen molar-refractivity contribution in [1.82, 2.24) is 0 Å². The molecular weight excluding hydrogens is 332 g/mol. The van der Waals surface area contributed by atoms with Gasteiger partial charge in [-0.05, 0) is 44.0 Å². The third kappa shape index (κ3) is 3.42. The summed E-state index contributed by atoms with van der Waals surface area (Å²) >= 11 is 3.54. The molecule has 2 aromatic rings. The van der Waals surface area contributed by atoms with Crippen LogP contribution in [0.4, 0.5) is 11.4 Å². The van der Waals surface area contributed by atoms with Crippen LogP contribution in [0.5, 0.6) is 0 Å². The molecule has 0 bridgehead atoms. The Morgan fingerprint density at radius 1 is 1.19 bits per heavy atom. The van der Waals surface area contributed by atoms with Crippen LogP contribution in [-0.4, -0.2) is 4.92 Å². The smallest absolute Gasteiger partial charge is 0.272 e. The first-order valence-corrected chi connectivity index (χ1v) is 7.46. The van der Waals surface area contributed by atoms with Crippen molar-refractivity contribution in [2.75, 3.05) is 5.32 Å². The van der Waals surface area contributed by atoms with Crippen molar-refractivity contribution in [3.05, 3.63) is 67.7 Å². The van der Waals surface area contributed by atoms with Crippen molar-refractivity contribution >= 4 is 27.3 Å². The van der Waals surface area contributed by atoms with Crippen LogP contribution in [0.1, 0.15) is 29.7 Å². The number of hydrogen-bond donors (Lipinski definition) is 1. The summed E-state index contributed by atoms with van der Waals surface area (Å²) < 4.78 is 1.04. The highest BCUT2D eigenvalue weighted by Crippen LogP contribution is 2.30. The van der Waals surface area contributed by atoms with Gasteiger partial charge in [-0.2, -0.15) is 0 Å². The highest BCUT2D eigenvalue weighted by atomic mass is 79.9. The Morgan fingerprint density at radius 2 is 1.86 bits per heavy atom. The second kappa shape index (κ2) is 6.26. The van der Waals surface area contributed by atoms with Crippen molar-refractivity contribution in [3.63, 3.8) is 0 Å². The summed E-state index contributed by atoms with van der Waals surface area (Å²) in [4.78, 5) is 10.6. The maximum Gasteiger partial charge on any atom is 0.272 e. The van der Waals surface area contributed by atoms with Gasteiger partial charge in [0.25, 0.3) is 5.69 Å². The molecule has 0 aliphatic rings. The lowest BCUT2D eigenvalue weighted by Crippen LogP contribution is -2.09. The van der Waals surface area contributed by atoms with Crippen molar-refractivity contribution < 1.29 is 4.92 Å². The van der Waals surface area contributed by atoms with E-state index in [-0.39, 0.29) is 16.7 Å². The first kappa shape index (κ1) is 15.5. The van der Waals surface area contributed by atoms with Crippen LogP contribution < -0.4 is 5.32 Å². The number of nitro groups is 1. The number of benzene rings is 2. The number of nitrogens with one attached hydrogen (secondary N) is 1. The van der Waals surface area contributed by atoms with Crippen molar-refractivity contribution in [2.45, 2.75) is 26.8 Å². The lowest BCUT2D eigenvalue weighted by Gasteiger charge is -2.19. The fraction of sp³-hybridized carbons (Fsp3) is 0.250. The molecule has 2 rings (SSSR count). The predicted molar refractivity (Wildman–Crippen MR) is 88.8 cm³/mol. The van der Waals surface area contributed by atoms with E-state index in [1.807, 2.05) is 31.2 Å². The highest BCUT2D eigenvalue weighted by molar-refractivity contribution is 9.10. The van der Waals surface area contributed by atoms with Gasteiger partial charge in [-0.3, -0.25) is 10.1 Å². The molecule has 110 valence electrons. The predicted octanol–water partition coefficient (Wildman–Crippen LogP) is 5.15. The molecule has 0 aliphatic carbocycles. The zero-order valence-electron chi connectivity index (χ0n) is 12.2. The Kier molecular flexibility index (Phi) is 4.63. The Morgan fingerprint density at radius 3 is 2.48 bits per heavy atom. The number of nitrogens with zero attached hydrogens (tertiary/aromatic N) is 1. The average Bonchev–Trinajstić information content (AvgIpc) is 2.42. The molecule has 4 nitrogen and oxygen atoms in total. The highest BCUT2D eigenvalue weighted by Gasteiger charge is 2.15. The zero-order valence-corrected chi connectivity index (χ0v) is 13.8. The van der Waals surface area contributed by atoms with Crippen molar-refractivity contribution in [3.8, 4) is 0 Å². The quantitative estimate of drug-likeness (QED) is 0.614. The van der Waals surface area contributed by atoms with Gasteiger partial charge >= 0.3 is 0 Å². The molecule has 0 saturated carbocycles. The summed E-state index contributed by atoms with van der Waals surface area (Å²) in [5, 5.41) is 14.4. The van der Waals surface area contributed by atoms with E-state index in [0.717, 1.165) is 21.3 Å². The molecule has 1 atom stereocenters. The summed E-state index contributed by atoms with van der Waals surface area (Å²) in [5.41, 5.74) is 3.75. The largest absolute Gasteiger partial charge is 0.378 e. The van der Waals surface area contributed by atoms with E-state index in [2.05, 4.69) is 34.2 Å². The van der Waals surface area contributed by atoms with Crippen LogP contribution >= 0.6 is 15.9 Å². The summed E-state index contributed by atoms with van der Waals surface area (Å²) in [5.74, 6) is 0. The molecule has 0 fully saturated rings. The zero-order chi connectivity index (χ0) is 15.6. The molecule has 0 heterocycles. The Bertz CT molecular complexity index is 686. The summed E-state index contributed by atoms with van der Waals surface area (Å²) in [6, 6.07) is 11.6. The number of hydrogen-bond acceptors (Lipinski definition) is 3. The van der Waals surface area contributed by atoms with Gasteiger partial charge in [-0.15, -0.1) is 0 Å². The van der Waals surface area contributed by atoms with E-state index >= 15 is 0 Å². The Labute approximate surface area is 132 Å². The number of halogens is 1. The Hall–Kier alpha value is -1.88. The van der Waals surface area contributed by atoms with E-state index in [1.54, 1.807) is 13.0 Å². The van der Waals surface area contributed by atoms with Crippen LogP contribution in [0, 0.1) is 24.0 Å². The normalized spacial score (nSPS) is 12.0. The van der Waals surface area contributed by atoms with Gasteiger partial charge in [0, 0.05) is 27.8 Å². The van der Waals surface area contributed by atoms with Gasteiger partial charge in [-0.25, -0.2) is 0 Å². The molecule has 21 heavy (non-hydrogen) atoms. The lowest BCUT2D eigenvalue weighted by atomic mass is 10.1. The third-order valence-electron chi connectivity index (χ3n) is 3.48. The SMILES string of the molecule is Cc1cc([N+](=O)[O-])c(C)cc1NC(C)c1ccccc1Br. The molecule has 2 aromatic carbocycles. The van der Waals surface area contributed by atoms with E-state index in [9.17, 15) is 10.1 Å². The van der Waals surface area contributed by atoms with E-state index < -0.39 is 0 Å². The average molecular weight is 349 g/mol. The fourth-order valence-corrected chi connectivity index (χ4v) is 2.92. The fourth-order valence-electron chi connectivity index (χ4n) is 2.29. The van der Waals surface area contributed by atoms with Crippen LogP contribution in [0.2, 0.25) is 0 Å². The van der Waals surface area contributed by atoms with E-state index in [1.165, 1.54) is 0 Å². The van der Waals surface area contributed by atoms with Gasteiger partial charge in [-0.1, -0.05) is 34.1 Å².